The number of hydrogen-bond donors (Lipinski definition) is 0. The van der Waals surface area contributed by atoms with Crippen molar-refractivity contribution in [3.63, 3.8) is 0 Å². The molecule has 0 N–H and O–H groups in total. The van der Waals surface area contributed by atoms with Gasteiger partial charge < -0.3 is 0 Å². The summed E-state index contributed by atoms with van der Waals surface area (Å²) in [5, 5.41) is 2.37. The minimum atomic E-state index is 0.0604. The van der Waals surface area contributed by atoms with Crippen molar-refractivity contribution in [1.29, 1.82) is 0 Å². The SMILES string of the molecule is [B]c1c([B])c([B])c(-c2ccccc2-c2nc(Cl)nc(-c3cccc4c3sc3ccccc34)n2)c([B])c1[B]. The predicted molar refractivity (Wildman–Crippen MR) is 161 cm³/mol. The molecule has 6 rings (SSSR count). The zero-order chi connectivity index (χ0) is 25.8. The Morgan fingerprint density at radius 2 is 1.08 bits per heavy atom. The molecule has 10 radical (unpaired) electrons. The van der Waals surface area contributed by atoms with E-state index >= 15 is 0 Å². The molecule has 0 bridgehead atoms. The molecule has 0 amide bonds. The van der Waals surface area contributed by atoms with Gasteiger partial charge in [0.25, 0.3) is 0 Å². The maximum absolute atomic E-state index is 6.45. The van der Waals surface area contributed by atoms with Gasteiger partial charge in [-0.2, -0.15) is 9.97 Å². The van der Waals surface area contributed by atoms with Crippen molar-refractivity contribution in [3.05, 3.63) is 72.0 Å². The van der Waals surface area contributed by atoms with Crippen LogP contribution in [0.1, 0.15) is 0 Å². The minimum Gasteiger partial charge on any atom is -0.208 e. The summed E-state index contributed by atoms with van der Waals surface area (Å²) < 4.78 is 2.25. The average Bonchev–Trinajstić information content (AvgIpc) is 3.30. The van der Waals surface area contributed by atoms with Crippen molar-refractivity contribution in [2.75, 3.05) is 0 Å². The van der Waals surface area contributed by atoms with Crippen LogP contribution in [0.2, 0.25) is 5.28 Å². The monoisotopic (exact) mass is 499 g/mol. The lowest BCUT2D eigenvalue weighted by Gasteiger charge is -2.22. The third-order valence-corrected chi connectivity index (χ3v) is 7.78. The predicted octanol–water partition coefficient (Wildman–Crippen LogP) is 1.86. The topological polar surface area (TPSA) is 38.7 Å². The second-order valence-corrected chi connectivity index (χ2v) is 9.91. The first-order valence-electron chi connectivity index (χ1n) is 11.3. The Bertz CT molecular complexity index is 1840. The molecular formula is C27H11B5ClN3S. The third kappa shape index (κ3) is 3.92. The molecule has 37 heavy (non-hydrogen) atoms. The van der Waals surface area contributed by atoms with Gasteiger partial charge in [0.1, 0.15) is 39.2 Å². The largest absolute Gasteiger partial charge is 0.226 e. The Labute approximate surface area is 229 Å². The minimum absolute atomic E-state index is 0.0604. The average molecular weight is 499 g/mol. The number of nitrogens with zero attached hydrogens (tertiary/aromatic N) is 3. The van der Waals surface area contributed by atoms with E-state index in [0.717, 1.165) is 15.6 Å². The molecule has 0 aliphatic rings. The molecule has 6 aromatic rings. The molecule has 4 aromatic carbocycles. The number of aromatic nitrogens is 3. The van der Waals surface area contributed by atoms with Gasteiger partial charge in [0.15, 0.2) is 11.6 Å². The highest BCUT2D eigenvalue weighted by molar-refractivity contribution is 7.26. The van der Waals surface area contributed by atoms with Crippen LogP contribution in [0.3, 0.4) is 0 Å². The molecule has 10 heteroatoms. The van der Waals surface area contributed by atoms with Crippen LogP contribution in [0, 0.1) is 0 Å². The lowest BCUT2D eigenvalue weighted by molar-refractivity contribution is 1.07. The van der Waals surface area contributed by atoms with Crippen LogP contribution in [-0.2, 0) is 0 Å². The van der Waals surface area contributed by atoms with E-state index in [-0.39, 0.29) is 32.6 Å². The van der Waals surface area contributed by atoms with E-state index < -0.39 is 0 Å². The maximum Gasteiger partial charge on any atom is 0.226 e. The Balaban J connectivity index is 1.59. The number of hydrogen-bond acceptors (Lipinski definition) is 4. The first-order chi connectivity index (χ1) is 17.8. The number of thiophene rings is 1. The normalized spacial score (nSPS) is 11.4. The van der Waals surface area contributed by atoms with Gasteiger partial charge in [-0.05, 0) is 34.9 Å². The zero-order valence-electron chi connectivity index (χ0n) is 19.4. The molecule has 2 heterocycles. The van der Waals surface area contributed by atoms with E-state index in [1.165, 1.54) is 10.1 Å². The van der Waals surface area contributed by atoms with Crippen LogP contribution in [0.15, 0.2) is 66.7 Å². The van der Waals surface area contributed by atoms with Crippen molar-refractivity contribution in [3.8, 4) is 33.9 Å². The highest BCUT2D eigenvalue weighted by Crippen LogP contribution is 2.39. The van der Waals surface area contributed by atoms with Crippen molar-refractivity contribution in [2.45, 2.75) is 0 Å². The first-order valence-corrected chi connectivity index (χ1v) is 12.5. The molecule has 0 fully saturated rings. The third-order valence-electron chi connectivity index (χ3n) is 6.39. The lowest BCUT2D eigenvalue weighted by Crippen LogP contribution is -2.55. The molecule has 3 nitrogen and oxygen atoms in total. The van der Waals surface area contributed by atoms with E-state index in [4.69, 9.17) is 55.8 Å². The smallest absolute Gasteiger partial charge is 0.208 e. The Morgan fingerprint density at radius 3 is 1.81 bits per heavy atom. The van der Waals surface area contributed by atoms with E-state index in [1.54, 1.807) is 11.3 Å². The molecule has 0 saturated heterocycles. The van der Waals surface area contributed by atoms with Crippen LogP contribution < -0.4 is 27.3 Å². The molecule has 0 atom stereocenters. The Hall–Kier alpha value is -3.28. The summed E-state index contributed by atoms with van der Waals surface area (Å²) in [5.74, 6) is 0.815. The van der Waals surface area contributed by atoms with Crippen molar-refractivity contribution in [1.82, 2.24) is 15.0 Å². The van der Waals surface area contributed by atoms with Gasteiger partial charge >= 0.3 is 0 Å². The second kappa shape index (κ2) is 9.23. The molecule has 0 aliphatic carbocycles. The fourth-order valence-electron chi connectivity index (χ4n) is 4.55. The standard InChI is InChI=1S/C27H11B5ClN3S/c28-19-18(20(29)22(31)23(32)21(19)30)13-7-1-2-8-15(13)25-34-26(36-27(33)35-25)16-10-5-9-14-12-6-3-4-11-17(12)37-24(14)16/h1-11H. The van der Waals surface area contributed by atoms with Crippen LogP contribution in [0.25, 0.3) is 54.1 Å². The van der Waals surface area contributed by atoms with Crippen molar-refractivity contribution >= 4 is 110 Å². The van der Waals surface area contributed by atoms with Gasteiger partial charge in [-0.15, -0.1) is 27.7 Å². The zero-order valence-corrected chi connectivity index (χ0v) is 20.9. The van der Waals surface area contributed by atoms with Crippen molar-refractivity contribution < 1.29 is 0 Å². The molecule has 0 spiro atoms. The van der Waals surface area contributed by atoms with Crippen LogP contribution >= 0.6 is 22.9 Å². The molecular weight excluding hydrogens is 488 g/mol. The Morgan fingerprint density at radius 1 is 0.541 bits per heavy atom. The maximum atomic E-state index is 6.45. The van der Waals surface area contributed by atoms with Gasteiger partial charge in [-0.25, -0.2) is 4.98 Å². The fourth-order valence-corrected chi connectivity index (χ4v) is 5.92. The first kappa shape index (κ1) is 24.1. The molecule has 0 unspecified atom stereocenters. The van der Waals surface area contributed by atoms with Crippen LogP contribution in [-0.4, -0.2) is 54.2 Å². The number of fused-ring (bicyclic) bond motifs is 3. The highest BCUT2D eigenvalue weighted by Gasteiger charge is 2.19. The summed E-state index contributed by atoms with van der Waals surface area (Å²) in [6.45, 7) is 0. The van der Waals surface area contributed by atoms with E-state index in [2.05, 4.69) is 28.2 Å². The quantitative estimate of drug-likeness (QED) is 0.350. The van der Waals surface area contributed by atoms with Gasteiger partial charge in [0, 0.05) is 31.3 Å². The lowest BCUT2D eigenvalue weighted by atomic mass is 9.59. The van der Waals surface area contributed by atoms with Crippen LogP contribution in [0.4, 0.5) is 0 Å². The summed E-state index contributed by atoms with van der Waals surface area (Å²) in [4.78, 5) is 13.7. The van der Waals surface area contributed by atoms with E-state index in [1.807, 2.05) is 48.5 Å². The van der Waals surface area contributed by atoms with Gasteiger partial charge in [-0.1, -0.05) is 65.5 Å². The van der Waals surface area contributed by atoms with Crippen LogP contribution in [0.5, 0.6) is 0 Å². The molecule has 162 valence electrons. The van der Waals surface area contributed by atoms with Gasteiger partial charge in [-0.3, -0.25) is 0 Å². The number of benzene rings is 4. The number of rotatable bonds is 3. The number of halogens is 1. The molecule has 0 saturated carbocycles. The summed E-state index contributed by atoms with van der Waals surface area (Å²) >= 11 is 8.13. The van der Waals surface area contributed by atoms with E-state index in [0.29, 0.717) is 28.3 Å². The van der Waals surface area contributed by atoms with Gasteiger partial charge in [0.2, 0.25) is 5.28 Å². The summed E-state index contributed by atoms with van der Waals surface area (Å²) in [6, 6.07) is 21.7. The summed E-state index contributed by atoms with van der Waals surface area (Å²) in [7, 11) is 31.0. The van der Waals surface area contributed by atoms with Gasteiger partial charge in [0.05, 0.1) is 0 Å². The second-order valence-electron chi connectivity index (χ2n) is 8.52. The van der Waals surface area contributed by atoms with E-state index in [9.17, 15) is 0 Å². The van der Waals surface area contributed by atoms with Crippen molar-refractivity contribution in [2.24, 2.45) is 0 Å². The summed E-state index contributed by atoms with van der Waals surface area (Å²) in [5.41, 5.74) is 3.55. The summed E-state index contributed by atoms with van der Waals surface area (Å²) in [6.07, 6.45) is 0. The molecule has 2 aromatic heterocycles. The highest BCUT2D eigenvalue weighted by atomic mass is 35.5. The Kier molecular flexibility index (Phi) is 6.01. The fraction of sp³-hybridized carbons (Fsp3) is 0. The molecule has 0 aliphatic heterocycles.